The number of rotatable bonds is 6. The number of hydrogen-bond donors (Lipinski definition) is 1. The van der Waals surface area contributed by atoms with Crippen molar-refractivity contribution in [2.45, 2.75) is 33.2 Å². The summed E-state index contributed by atoms with van der Waals surface area (Å²) in [5, 5.41) is 3.39. The van der Waals surface area contributed by atoms with Gasteiger partial charge in [0, 0.05) is 6.20 Å². The Morgan fingerprint density at radius 3 is 2.76 bits per heavy atom. The second-order valence-corrected chi connectivity index (χ2v) is 5.31. The van der Waals surface area contributed by atoms with Crippen LogP contribution in [0, 0.1) is 13.8 Å². The monoisotopic (exact) mass is 284 g/mol. The van der Waals surface area contributed by atoms with Gasteiger partial charge in [-0.1, -0.05) is 25.1 Å². The van der Waals surface area contributed by atoms with Crippen LogP contribution in [-0.2, 0) is 0 Å². The molecule has 1 N–H and O–H groups in total. The number of nitrogens with one attached hydrogen (secondary N) is 1. The lowest BCUT2D eigenvalue weighted by Crippen LogP contribution is -2.19. The average molecular weight is 284 g/mol. The van der Waals surface area contributed by atoms with E-state index in [-0.39, 0.29) is 6.04 Å². The van der Waals surface area contributed by atoms with Gasteiger partial charge >= 0.3 is 0 Å². The molecule has 3 heteroatoms. The highest BCUT2D eigenvalue weighted by Crippen LogP contribution is 2.27. The summed E-state index contributed by atoms with van der Waals surface area (Å²) in [5.41, 5.74) is 5.03. The van der Waals surface area contributed by atoms with Gasteiger partial charge in [0.05, 0.1) is 18.8 Å². The molecule has 0 saturated heterocycles. The molecule has 1 heterocycles. The maximum Gasteiger partial charge on any atom is 0.137 e. The molecule has 112 valence electrons. The smallest absolute Gasteiger partial charge is 0.137 e. The van der Waals surface area contributed by atoms with E-state index >= 15 is 0 Å². The predicted molar refractivity (Wildman–Crippen MR) is 86.8 cm³/mol. The lowest BCUT2D eigenvalue weighted by molar-refractivity contribution is 0.315. The van der Waals surface area contributed by atoms with Gasteiger partial charge < -0.3 is 10.1 Å². The van der Waals surface area contributed by atoms with E-state index in [1.807, 2.05) is 13.2 Å². The summed E-state index contributed by atoms with van der Waals surface area (Å²) in [4.78, 5) is 4.32. The zero-order valence-corrected chi connectivity index (χ0v) is 13.3. The summed E-state index contributed by atoms with van der Waals surface area (Å²) < 4.78 is 5.69. The van der Waals surface area contributed by atoms with E-state index in [4.69, 9.17) is 4.74 Å². The van der Waals surface area contributed by atoms with Crippen molar-refractivity contribution in [2.75, 3.05) is 13.7 Å². The Kier molecular flexibility index (Phi) is 5.34. The lowest BCUT2D eigenvalue weighted by Gasteiger charge is -2.20. The third kappa shape index (κ3) is 3.61. The van der Waals surface area contributed by atoms with E-state index in [1.165, 1.54) is 16.7 Å². The van der Waals surface area contributed by atoms with E-state index in [1.54, 1.807) is 6.20 Å². The van der Waals surface area contributed by atoms with Crippen LogP contribution in [0.25, 0.3) is 0 Å². The minimum atomic E-state index is 0.127. The van der Waals surface area contributed by atoms with Crippen LogP contribution >= 0.6 is 0 Å². The molecule has 2 aromatic rings. The summed E-state index contributed by atoms with van der Waals surface area (Å²) in [5.74, 6) is 0.833. The van der Waals surface area contributed by atoms with Crippen LogP contribution in [0.1, 0.15) is 41.6 Å². The molecule has 0 spiro atoms. The molecular formula is C18H24N2O. The normalized spacial score (nSPS) is 12.2. The third-order valence-electron chi connectivity index (χ3n) is 3.79. The van der Waals surface area contributed by atoms with Crippen molar-refractivity contribution in [3.05, 3.63) is 58.9 Å². The standard InChI is InChI=1S/C18H24N2O/c1-5-9-21-16-10-15(11-20-12-16)18(19-4)17-8-6-7-13(2)14(17)3/h6-8,10-12,18-19H,5,9H2,1-4H3. The van der Waals surface area contributed by atoms with E-state index in [2.05, 4.69) is 55.3 Å². The van der Waals surface area contributed by atoms with Gasteiger partial charge in [-0.05, 0) is 55.6 Å². The predicted octanol–water partition coefficient (Wildman–Crippen LogP) is 3.80. The number of nitrogens with zero attached hydrogens (tertiary/aromatic N) is 1. The number of ether oxygens (including phenoxy) is 1. The molecule has 0 saturated carbocycles. The number of pyridine rings is 1. The van der Waals surface area contributed by atoms with Crippen molar-refractivity contribution >= 4 is 0 Å². The largest absolute Gasteiger partial charge is 0.492 e. The van der Waals surface area contributed by atoms with Gasteiger partial charge in [0.2, 0.25) is 0 Å². The van der Waals surface area contributed by atoms with Crippen molar-refractivity contribution in [2.24, 2.45) is 0 Å². The van der Waals surface area contributed by atoms with Crippen LogP contribution in [0.3, 0.4) is 0 Å². The van der Waals surface area contributed by atoms with E-state index in [0.717, 1.165) is 24.3 Å². The quantitative estimate of drug-likeness (QED) is 0.876. The molecular weight excluding hydrogens is 260 g/mol. The van der Waals surface area contributed by atoms with Gasteiger partial charge in [-0.3, -0.25) is 4.98 Å². The molecule has 0 fully saturated rings. The summed E-state index contributed by atoms with van der Waals surface area (Å²) in [7, 11) is 1.98. The fraction of sp³-hybridized carbons (Fsp3) is 0.389. The topological polar surface area (TPSA) is 34.1 Å². The highest BCUT2D eigenvalue weighted by molar-refractivity contribution is 5.41. The Bertz CT molecular complexity index is 596. The molecule has 0 aliphatic rings. The molecule has 0 aliphatic heterocycles. The first kappa shape index (κ1) is 15.5. The first-order valence-electron chi connectivity index (χ1n) is 7.48. The van der Waals surface area contributed by atoms with Crippen molar-refractivity contribution in [1.29, 1.82) is 0 Å². The van der Waals surface area contributed by atoms with Gasteiger partial charge in [0.1, 0.15) is 5.75 Å². The molecule has 1 unspecified atom stereocenters. The van der Waals surface area contributed by atoms with E-state index < -0.39 is 0 Å². The van der Waals surface area contributed by atoms with Crippen LogP contribution in [0.5, 0.6) is 5.75 Å². The Morgan fingerprint density at radius 2 is 2.05 bits per heavy atom. The molecule has 0 amide bonds. The molecule has 3 nitrogen and oxygen atoms in total. The van der Waals surface area contributed by atoms with E-state index in [9.17, 15) is 0 Å². The second-order valence-electron chi connectivity index (χ2n) is 5.31. The summed E-state index contributed by atoms with van der Waals surface area (Å²) >= 11 is 0. The van der Waals surface area contributed by atoms with E-state index in [0.29, 0.717) is 0 Å². The summed E-state index contributed by atoms with van der Waals surface area (Å²) in [6.07, 6.45) is 4.67. The summed E-state index contributed by atoms with van der Waals surface area (Å²) in [6.45, 7) is 7.13. The number of aryl methyl sites for hydroxylation is 1. The van der Waals surface area contributed by atoms with Crippen LogP contribution < -0.4 is 10.1 Å². The Morgan fingerprint density at radius 1 is 1.24 bits per heavy atom. The van der Waals surface area contributed by atoms with Gasteiger partial charge in [-0.2, -0.15) is 0 Å². The maximum absolute atomic E-state index is 5.69. The minimum Gasteiger partial charge on any atom is -0.492 e. The van der Waals surface area contributed by atoms with Crippen molar-refractivity contribution in [1.82, 2.24) is 10.3 Å². The zero-order chi connectivity index (χ0) is 15.2. The molecule has 1 atom stereocenters. The van der Waals surface area contributed by atoms with Crippen molar-refractivity contribution < 1.29 is 4.74 Å². The molecule has 0 aliphatic carbocycles. The fourth-order valence-electron chi connectivity index (χ4n) is 2.48. The average Bonchev–Trinajstić information content (AvgIpc) is 2.50. The lowest BCUT2D eigenvalue weighted by atomic mass is 9.93. The molecule has 1 aromatic carbocycles. The first-order chi connectivity index (χ1) is 10.2. The van der Waals surface area contributed by atoms with Crippen molar-refractivity contribution in [3.8, 4) is 5.75 Å². The highest BCUT2D eigenvalue weighted by atomic mass is 16.5. The molecule has 0 bridgehead atoms. The summed E-state index contributed by atoms with van der Waals surface area (Å²) in [6, 6.07) is 8.62. The Labute approximate surface area is 127 Å². The van der Waals surface area contributed by atoms with Crippen LogP contribution in [0.4, 0.5) is 0 Å². The van der Waals surface area contributed by atoms with Crippen LogP contribution in [0.15, 0.2) is 36.7 Å². The van der Waals surface area contributed by atoms with Crippen LogP contribution in [0.2, 0.25) is 0 Å². The first-order valence-corrected chi connectivity index (χ1v) is 7.48. The molecule has 0 radical (unpaired) electrons. The van der Waals surface area contributed by atoms with Crippen molar-refractivity contribution in [3.63, 3.8) is 0 Å². The Balaban J connectivity index is 2.35. The molecule has 2 rings (SSSR count). The van der Waals surface area contributed by atoms with Gasteiger partial charge in [0.15, 0.2) is 0 Å². The highest BCUT2D eigenvalue weighted by Gasteiger charge is 2.16. The molecule has 21 heavy (non-hydrogen) atoms. The van der Waals surface area contributed by atoms with Gasteiger partial charge in [-0.15, -0.1) is 0 Å². The Hall–Kier alpha value is -1.87. The fourth-order valence-corrected chi connectivity index (χ4v) is 2.48. The zero-order valence-electron chi connectivity index (χ0n) is 13.3. The number of benzene rings is 1. The maximum atomic E-state index is 5.69. The van der Waals surface area contributed by atoms with Gasteiger partial charge in [0.25, 0.3) is 0 Å². The SMILES string of the molecule is CCCOc1cncc(C(NC)c2cccc(C)c2C)c1. The minimum absolute atomic E-state index is 0.127. The van der Waals surface area contributed by atoms with Crippen LogP contribution in [-0.4, -0.2) is 18.6 Å². The second kappa shape index (κ2) is 7.23. The number of hydrogen-bond acceptors (Lipinski definition) is 3. The number of aromatic nitrogens is 1. The molecule has 1 aromatic heterocycles. The third-order valence-corrected chi connectivity index (χ3v) is 3.79. The van der Waals surface area contributed by atoms with Gasteiger partial charge in [-0.25, -0.2) is 0 Å².